The van der Waals surface area contributed by atoms with Crippen molar-refractivity contribution in [3.8, 4) is 0 Å². The summed E-state index contributed by atoms with van der Waals surface area (Å²) in [6, 6.07) is 4.77. The highest BCUT2D eigenvalue weighted by molar-refractivity contribution is 5.40. The Morgan fingerprint density at radius 1 is 1.32 bits per heavy atom. The summed E-state index contributed by atoms with van der Waals surface area (Å²) in [4.78, 5) is 7.07. The first-order chi connectivity index (χ1) is 9.24. The molecule has 3 heteroatoms. The van der Waals surface area contributed by atoms with Crippen molar-refractivity contribution in [1.82, 2.24) is 10.3 Å². The zero-order valence-corrected chi connectivity index (χ0v) is 12.5. The quantitative estimate of drug-likeness (QED) is 0.880. The van der Waals surface area contributed by atoms with Crippen LogP contribution in [0.15, 0.2) is 18.3 Å². The van der Waals surface area contributed by atoms with Crippen molar-refractivity contribution < 1.29 is 0 Å². The first-order valence-corrected chi connectivity index (χ1v) is 7.68. The maximum absolute atomic E-state index is 4.64. The van der Waals surface area contributed by atoms with Gasteiger partial charge in [-0.15, -0.1) is 0 Å². The molecule has 1 aromatic rings. The summed E-state index contributed by atoms with van der Waals surface area (Å²) in [7, 11) is 0. The van der Waals surface area contributed by atoms with Gasteiger partial charge in [0.2, 0.25) is 0 Å². The molecule has 0 aliphatic carbocycles. The summed E-state index contributed by atoms with van der Waals surface area (Å²) in [5.41, 5.74) is 1.27. The minimum absolute atomic E-state index is 0.386. The lowest BCUT2D eigenvalue weighted by Crippen LogP contribution is -2.34. The Bertz CT molecular complexity index is 366. The first kappa shape index (κ1) is 14.3. The van der Waals surface area contributed by atoms with E-state index in [4.69, 9.17) is 0 Å². The number of hydrogen-bond donors (Lipinski definition) is 1. The van der Waals surface area contributed by atoms with E-state index in [0.29, 0.717) is 6.04 Å². The van der Waals surface area contributed by atoms with Gasteiger partial charge in [-0.2, -0.15) is 0 Å². The summed E-state index contributed by atoms with van der Waals surface area (Å²) in [5.74, 6) is 2.06. The fourth-order valence-electron chi connectivity index (χ4n) is 2.84. The highest BCUT2D eigenvalue weighted by atomic mass is 15.2. The van der Waals surface area contributed by atoms with Crippen molar-refractivity contribution in [1.29, 1.82) is 0 Å². The molecule has 1 aromatic heterocycles. The van der Waals surface area contributed by atoms with Crippen LogP contribution in [0.25, 0.3) is 0 Å². The van der Waals surface area contributed by atoms with Crippen molar-refractivity contribution in [2.24, 2.45) is 5.92 Å². The molecule has 0 saturated carbocycles. The largest absolute Gasteiger partial charge is 0.357 e. The minimum Gasteiger partial charge on any atom is -0.357 e. The number of aromatic nitrogens is 1. The number of hydrogen-bond acceptors (Lipinski definition) is 3. The molecule has 2 heterocycles. The monoisotopic (exact) mass is 261 g/mol. The predicted octanol–water partition coefficient (Wildman–Crippen LogP) is 3.38. The maximum Gasteiger partial charge on any atom is 0.128 e. The summed E-state index contributed by atoms with van der Waals surface area (Å²) in [5, 5.41) is 3.42. The Morgan fingerprint density at radius 2 is 2.05 bits per heavy atom. The van der Waals surface area contributed by atoms with E-state index in [1.807, 2.05) is 6.20 Å². The lowest BCUT2D eigenvalue weighted by molar-refractivity contribution is 0.393. The number of pyridine rings is 1. The molecule has 1 fully saturated rings. The standard InChI is InChI=1S/C16H27N3/c1-4-14-8-10-19(11-9-14)16-7-6-15(12-18-16)13(3)17-5-2/h6-7,12-14,17H,4-5,8-11H2,1-3H3. The summed E-state index contributed by atoms with van der Waals surface area (Å²) >= 11 is 0. The average Bonchev–Trinajstić information content (AvgIpc) is 2.48. The molecule has 1 aliphatic heterocycles. The summed E-state index contributed by atoms with van der Waals surface area (Å²) in [6.45, 7) is 9.94. The van der Waals surface area contributed by atoms with E-state index in [1.165, 1.54) is 24.8 Å². The number of nitrogens with one attached hydrogen (secondary N) is 1. The number of anilines is 1. The van der Waals surface area contributed by atoms with Crippen molar-refractivity contribution >= 4 is 5.82 Å². The average molecular weight is 261 g/mol. The molecular weight excluding hydrogens is 234 g/mol. The molecule has 19 heavy (non-hydrogen) atoms. The van der Waals surface area contributed by atoms with E-state index >= 15 is 0 Å². The Balaban J connectivity index is 1.95. The van der Waals surface area contributed by atoms with Crippen molar-refractivity contribution in [3.05, 3.63) is 23.9 Å². The van der Waals surface area contributed by atoms with Gasteiger partial charge in [-0.3, -0.25) is 0 Å². The van der Waals surface area contributed by atoms with Crippen molar-refractivity contribution in [3.63, 3.8) is 0 Å². The van der Waals surface area contributed by atoms with Crippen LogP contribution in [0.2, 0.25) is 0 Å². The van der Waals surface area contributed by atoms with Crippen LogP contribution in [-0.2, 0) is 0 Å². The second-order valence-corrected chi connectivity index (χ2v) is 5.57. The molecule has 0 amide bonds. The van der Waals surface area contributed by atoms with Gasteiger partial charge in [-0.1, -0.05) is 26.3 Å². The number of nitrogens with zero attached hydrogens (tertiary/aromatic N) is 2. The minimum atomic E-state index is 0.386. The van der Waals surface area contributed by atoms with Gasteiger partial charge in [0, 0.05) is 25.3 Å². The van der Waals surface area contributed by atoms with Crippen LogP contribution in [0, 0.1) is 5.92 Å². The second kappa shape index (κ2) is 6.90. The van der Waals surface area contributed by atoms with Crippen molar-refractivity contribution in [2.75, 3.05) is 24.5 Å². The summed E-state index contributed by atoms with van der Waals surface area (Å²) < 4.78 is 0. The Labute approximate surface area is 117 Å². The molecule has 2 rings (SSSR count). The third kappa shape index (κ3) is 3.69. The number of piperidine rings is 1. The SMILES string of the molecule is CCNC(C)c1ccc(N2CCC(CC)CC2)nc1. The van der Waals surface area contributed by atoms with Gasteiger partial charge in [0.05, 0.1) is 0 Å². The third-order valence-corrected chi connectivity index (χ3v) is 4.30. The second-order valence-electron chi connectivity index (χ2n) is 5.57. The number of rotatable bonds is 5. The molecule has 3 nitrogen and oxygen atoms in total. The van der Waals surface area contributed by atoms with Gasteiger partial charge in [0.15, 0.2) is 0 Å². The highest BCUT2D eigenvalue weighted by Gasteiger charge is 2.18. The van der Waals surface area contributed by atoms with Gasteiger partial charge >= 0.3 is 0 Å². The lowest BCUT2D eigenvalue weighted by atomic mass is 9.94. The molecule has 0 radical (unpaired) electrons. The Kier molecular flexibility index (Phi) is 5.20. The fraction of sp³-hybridized carbons (Fsp3) is 0.688. The highest BCUT2D eigenvalue weighted by Crippen LogP contribution is 2.24. The van der Waals surface area contributed by atoms with Crippen LogP contribution >= 0.6 is 0 Å². The smallest absolute Gasteiger partial charge is 0.128 e. The van der Waals surface area contributed by atoms with E-state index in [0.717, 1.165) is 31.4 Å². The van der Waals surface area contributed by atoms with Crippen molar-refractivity contribution in [2.45, 2.75) is 46.1 Å². The maximum atomic E-state index is 4.64. The van der Waals surface area contributed by atoms with Crippen LogP contribution < -0.4 is 10.2 Å². The van der Waals surface area contributed by atoms with Crippen LogP contribution in [0.3, 0.4) is 0 Å². The topological polar surface area (TPSA) is 28.2 Å². The van der Waals surface area contributed by atoms with E-state index < -0.39 is 0 Å². The van der Waals surface area contributed by atoms with Crippen LogP contribution in [0.1, 0.15) is 51.6 Å². The molecule has 106 valence electrons. The van der Waals surface area contributed by atoms with E-state index in [1.54, 1.807) is 0 Å². The van der Waals surface area contributed by atoms with Gasteiger partial charge in [0.1, 0.15) is 5.82 Å². The fourth-order valence-corrected chi connectivity index (χ4v) is 2.84. The molecule has 0 aromatic carbocycles. The Hall–Kier alpha value is -1.09. The summed E-state index contributed by atoms with van der Waals surface area (Å²) in [6.07, 6.45) is 5.97. The zero-order valence-electron chi connectivity index (χ0n) is 12.5. The van der Waals surface area contributed by atoms with Gasteiger partial charge in [0.25, 0.3) is 0 Å². The molecule has 1 aliphatic rings. The molecule has 1 saturated heterocycles. The molecule has 0 bridgehead atoms. The third-order valence-electron chi connectivity index (χ3n) is 4.30. The first-order valence-electron chi connectivity index (χ1n) is 7.68. The molecule has 0 spiro atoms. The van der Waals surface area contributed by atoms with Crippen LogP contribution in [-0.4, -0.2) is 24.6 Å². The predicted molar refractivity (Wildman–Crippen MR) is 81.6 cm³/mol. The zero-order chi connectivity index (χ0) is 13.7. The van der Waals surface area contributed by atoms with E-state index in [9.17, 15) is 0 Å². The molecule has 1 atom stereocenters. The van der Waals surface area contributed by atoms with Crippen LogP contribution in [0.4, 0.5) is 5.82 Å². The van der Waals surface area contributed by atoms with Crippen LogP contribution in [0.5, 0.6) is 0 Å². The van der Waals surface area contributed by atoms with Gasteiger partial charge in [-0.05, 0) is 43.9 Å². The van der Waals surface area contributed by atoms with Gasteiger partial charge < -0.3 is 10.2 Å². The van der Waals surface area contributed by atoms with Gasteiger partial charge in [-0.25, -0.2) is 4.98 Å². The molecule has 1 N–H and O–H groups in total. The normalized spacial score (nSPS) is 18.6. The Morgan fingerprint density at radius 3 is 2.58 bits per heavy atom. The van der Waals surface area contributed by atoms with E-state index in [-0.39, 0.29) is 0 Å². The molecular formula is C16H27N3. The molecule has 1 unspecified atom stereocenters. The van der Waals surface area contributed by atoms with E-state index in [2.05, 4.69) is 48.1 Å². The lowest BCUT2D eigenvalue weighted by Gasteiger charge is -2.32.